The summed E-state index contributed by atoms with van der Waals surface area (Å²) in [7, 11) is 0. The molecular weight excluding hydrogens is 400 g/mol. The van der Waals surface area contributed by atoms with Gasteiger partial charge in [-0.15, -0.1) is 0 Å². The van der Waals surface area contributed by atoms with Crippen LogP contribution in [0.25, 0.3) is 0 Å². The number of aliphatic imine (C=N–C) groups is 1. The predicted molar refractivity (Wildman–Crippen MR) is 121 cm³/mol. The maximum absolute atomic E-state index is 6.16. The number of piperidine rings is 1. The van der Waals surface area contributed by atoms with Crippen molar-refractivity contribution in [2.24, 2.45) is 4.99 Å². The van der Waals surface area contributed by atoms with E-state index < -0.39 is 0 Å². The summed E-state index contributed by atoms with van der Waals surface area (Å²) in [6, 6.07) is 10.1. The molecule has 5 rings (SSSR count). The maximum atomic E-state index is 6.16. The maximum Gasteiger partial charge on any atom is 0.130 e. The van der Waals surface area contributed by atoms with Gasteiger partial charge in [-0.3, -0.25) is 0 Å². The number of nitrogens with one attached hydrogen (secondary N) is 3. The molecule has 3 aliphatic heterocycles. The molecule has 1 aromatic carbocycles. The van der Waals surface area contributed by atoms with E-state index in [1.165, 1.54) is 0 Å². The number of hydrogen-bond acceptors (Lipinski definition) is 7. The van der Waals surface area contributed by atoms with E-state index in [-0.39, 0.29) is 5.54 Å². The van der Waals surface area contributed by atoms with Gasteiger partial charge in [0.25, 0.3) is 0 Å². The Morgan fingerprint density at radius 1 is 1.17 bits per heavy atom. The van der Waals surface area contributed by atoms with E-state index in [4.69, 9.17) is 21.3 Å². The van der Waals surface area contributed by atoms with Crippen molar-refractivity contribution in [3.8, 4) is 0 Å². The van der Waals surface area contributed by atoms with Gasteiger partial charge in [0, 0.05) is 30.7 Å². The quantitative estimate of drug-likeness (QED) is 0.700. The van der Waals surface area contributed by atoms with Crippen molar-refractivity contribution in [2.45, 2.75) is 24.9 Å². The number of morpholine rings is 1. The fraction of sp³-hybridized carbons (Fsp3) is 0.455. The first-order valence-electron chi connectivity index (χ1n) is 10.6. The summed E-state index contributed by atoms with van der Waals surface area (Å²) in [5, 5.41) is 11.6. The van der Waals surface area contributed by atoms with E-state index in [2.05, 4.69) is 38.0 Å². The largest absolute Gasteiger partial charge is 0.378 e. The van der Waals surface area contributed by atoms with Crippen LogP contribution >= 0.6 is 11.6 Å². The molecule has 30 heavy (non-hydrogen) atoms. The number of amidine groups is 1. The standard InChI is InChI=1S/C22H27ClN6O/c23-17-3-1-2-16(12-17)14-26-21-22(4-6-24-7-5-22)28-18-13-20(25-15-19(18)27-21)29-8-10-30-11-9-29/h1-3,12-13,15,24,28H,4-11,14H2,(H,26,27). The van der Waals surface area contributed by atoms with E-state index >= 15 is 0 Å². The van der Waals surface area contributed by atoms with Gasteiger partial charge in [0.1, 0.15) is 17.3 Å². The van der Waals surface area contributed by atoms with Crippen LogP contribution in [0, 0.1) is 0 Å². The lowest BCUT2D eigenvalue weighted by Crippen LogP contribution is -2.58. The predicted octanol–water partition coefficient (Wildman–Crippen LogP) is 2.94. The highest BCUT2D eigenvalue weighted by molar-refractivity contribution is 6.30. The minimum absolute atomic E-state index is 0.194. The number of nitrogens with zero attached hydrogens (tertiary/aromatic N) is 3. The summed E-state index contributed by atoms with van der Waals surface area (Å²) in [5.41, 5.74) is 2.88. The van der Waals surface area contributed by atoms with Crippen LogP contribution in [0.2, 0.25) is 5.02 Å². The Morgan fingerprint density at radius 3 is 2.80 bits per heavy atom. The van der Waals surface area contributed by atoms with Crippen molar-refractivity contribution in [3.63, 3.8) is 0 Å². The molecular formula is C22H27ClN6O. The summed E-state index contributed by atoms with van der Waals surface area (Å²) in [4.78, 5) is 12.0. The fourth-order valence-corrected chi connectivity index (χ4v) is 4.61. The Labute approximate surface area is 181 Å². The van der Waals surface area contributed by atoms with Gasteiger partial charge >= 0.3 is 0 Å². The summed E-state index contributed by atoms with van der Waals surface area (Å²) in [5.74, 6) is 1.97. The van der Waals surface area contributed by atoms with Gasteiger partial charge in [-0.1, -0.05) is 23.7 Å². The number of anilines is 2. The average Bonchev–Trinajstić information content (AvgIpc) is 2.78. The molecule has 0 saturated carbocycles. The molecule has 7 nitrogen and oxygen atoms in total. The highest BCUT2D eigenvalue weighted by Crippen LogP contribution is 2.38. The monoisotopic (exact) mass is 426 g/mol. The first kappa shape index (κ1) is 19.6. The number of aromatic nitrogens is 1. The lowest BCUT2D eigenvalue weighted by Gasteiger charge is -2.43. The van der Waals surface area contributed by atoms with Crippen LogP contribution in [0.4, 0.5) is 17.2 Å². The SMILES string of the molecule is Clc1cccc(CNC2=Nc3cnc(N4CCOCC4)cc3NC23CCNCC3)c1. The van der Waals surface area contributed by atoms with Gasteiger partial charge in [-0.05, 0) is 43.6 Å². The second-order valence-electron chi connectivity index (χ2n) is 8.06. The number of fused-ring (bicyclic) bond motifs is 1. The lowest BCUT2D eigenvalue weighted by molar-refractivity contribution is 0.122. The van der Waals surface area contributed by atoms with Crippen LogP contribution in [0.3, 0.4) is 0 Å². The Balaban J connectivity index is 1.43. The zero-order valence-corrected chi connectivity index (χ0v) is 17.7. The van der Waals surface area contributed by atoms with Crippen molar-refractivity contribution < 1.29 is 4.74 Å². The van der Waals surface area contributed by atoms with Gasteiger partial charge < -0.3 is 25.6 Å². The van der Waals surface area contributed by atoms with Gasteiger partial charge in [0.15, 0.2) is 0 Å². The molecule has 0 aliphatic carbocycles. The van der Waals surface area contributed by atoms with E-state index in [1.807, 2.05) is 24.4 Å². The molecule has 2 aromatic rings. The normalized spacial score (nSPS) is 20.3. The third-order valence-corrected chi connectivity index (χ3v) is 6.30. The van der Waals surface area contributed by atoms with E-state index in [1.54, 1.807) is 0 Å². The lowest BCUT2D eigenvalue weighted by atomic mass is 9.85. The van der Waals surface area contributed by atoms with Crippen molar-refractivity contribution in [1.29, 1.82) is 0 Å². The highest BCUT2D eigenvalue weighted by atomic mass is 35.5. The van der Waals surface area contributed by atoms with Gasteiger partial charge in [-0.25, -0.2) is 9.98 Å². The Bertz CT molecular complexity index is 937. The molecule has 8 heteroatoms. The fourth-order valence-electron chi connectivity index (χ4n) is 4.39. The smallest absolute Gasteiger partial charge is 0.130 e. The average molecular weight is 427 g/mol. The minimum Gasteiger partial charge on any atom is -0.378 e. The molecule has 3 aliphatic rings. The minimum atomic E-state index is -0.194. The zero-order chi connectivity index (χ0) is 20.4. The molecule has 158 valence electrons. The molecule has 0 atom stereocenters. The third-order valence-electron chi connectivity index (χ3n) is 6.07. The molecule has 4 heterocycles. The molecule has 0 amide bonds. The number of benzene rings is 1. The first-order valence-corrected chi connectivity index (χ1v) is 11.0. The second kappa shape index (κ2) is 8.41. The molecule has 3 N–H and O–H groups in total. The van der Waals surface area contributed by atoms with Crippen LogP contribution < -0.4 is 20.9 Å². The van der Waals surface area contributed by atoms with Gasteiger partial charge in [0.2, 0.25) is 0 Å². The van der Waals surface area contributed by atoms with E-state index in [9.17, 15) is 0 Å². The topological polar surface area (TPSA) is 73.8 Å². The van der Waals surface area contributed by atoms with Crippen LogP contribution in [0.5, 0.6) is 0 Å². The molecule has 0 radical (unpaired) electrons. The summed E-state index contributed by atoms with van der Waals surface area (Å²) < 4.78 is 5.48. The number of hydrogen-bond donors (Lipinski definition) is 3. The van der Waals surface area contributed by atoms with Crippen LogP contribution in [-0.2, 0) is 11.3 Å². The number of ether oxygens (including phenoxy) is 1. The summed E-state index contributed by atoms with van der Waals surface area (Å²) in [6.45, 7) is 5.84. The Kier molecular flexibility index (Phi) is 5.50. The second-order valence-corrected chi connectivity index (χ2v) is 8.50. The van der Waals surface area contributed by atoms with Crippen LogP contribution in [0.1, 0.15) is 18.4 Å². The van der Waals surface area contributed by atoms with Gasteiger partial charge in [0.05, 0.1) is 30.6 Å². The van der Waals surface area contributed by atoms with Gasteiger partial charge in [-0.2, -0.15) is 0 Å². The van der Waals surface area contributed by atoms with E-state index in [0.717, 1.165) is 85.8 Å². The van der Waals surface area contributed by atoms with E-state index in [0.29, 0.717) is 6.54 Å². The molecule has 1 spiro atoms. The highest BCUT2D eigenvalue weighted by Gasteiger charge is 2.40. The van der Waals surface area contributed by atoms with Crippen molar-refractivity contribution >= 4 is 34.6 Å². The first-order chi connectivity index (χ1) is 14.7. The zero-order valence-electron chi connectivity index (χ0n) is 17.0. The number of pyridine rings is 1. The molecule has 2 fully saturated rings. The Hall–Kier alpha value is -2.35. The van der Waals surface area contributed by atoms with Crippen LogP contribution in [-0.4, -0.2) is 55.8 Å². The van der Waals surface area contributed by atoms with Crippen molar-refractivity contribution in [3.05, 3.63) is 47.1 Å². The van der Waals surface area contributed by atoms with Crippen LogP contribution in [0.15, 0.2) is 41.5 Å². The number of rotatable bonds is 3. The molecule has 2 saturated heterocycles. The molecule has 0 unspecified atom stereocenters. The third kappa shape index (κ3) is 3.97. The molecule has 1 aromatic heterocycles. The van der Waals surface area contributed by atoms with Crippen molar-refractivity contribution in [1.82, 2.24) is 15.6 Å². The summed E-state index contributed by atoms with van der Waals surface area (Å²) in [6.07, 6.45) is 3.83. The Morgan fingerprint density at radius 2 is 2.00 bits per heavy atom. The molecule has 0 bridgehead atoms. The number of halogens is 1. The summed E-state index contributed by atoms with van der Waals surface area (Å²) >= 11 is 6.16. The van der Waals surface area contributed by atoms with Crippen molar-refractivity contribution in [2.75, 3.05) is 49.6 Å².